The van der Waals surface area contributed by atoms with Crippen LogP contribution in [0.25, 0.3) is 0 Å². The number of benzene rings is 1. The van der Waals surface area contributed by atoms with Crippen LogP contribution in [0.5, 0.6) is 0 Å². The quantitative estimate of drug-likeness (QED) is 0.576. The first-order chi connectivity index (χ1) is 16.5. The topological polar surface area (TPSA) is 65.5 Å². The molecule has 6 heteroatoms. The molecule has 0 radical (unpaired) electrons. The Labute approximate surface area is 203 Å². The Hall–Kier alpha value is -2.73. The number of rotatable bonds is 9. The molecule has 0 bridgehead atoms. The predicted molar refractivity (Wildman–Crippen MR) is 134 cm³/mol. The average molecular weight is 463 g/mol. The zero-order valence-electron chi connectivity index (χ0n) is 20.6. The van der Waals surface area contributed by atoms with Crippen molar-refractivity contribution < 1.29 is 9.59 Å². The standard InChI is InChI=1S/C28H38N4O2/c1-22(2)20-25-26(33)32(21-24-11-15-29-16-12-24)28(27(34)30-25)13-18-31(19-14-28)17-7-6-10-23-8-4-3-5-9-23/h3-5,8-9,11-12,15-16,22,25H,6-7,10,13-14,17-21H2,1-2H3,(H,30,34)/t25-/m0/s1. The molecule has 2 amide bonds. The van der Waals surface area contributed by atoms with Crippen molar-refractivity contribution in [2.75, 3.05) is 19.6 Å². The molecule has 1 atom stereocenters. The van der Waals surface area contributed by atoms with Gasteiger partial charge in [-0.25, -0.2) is 0 Å². The van der Waals surface area contributed by atoms with Gasteiger partial charge >= 0.3 is 0 Å². The minimum Gasteiger partial charge on any atom is -0.342 e. The van der Waals surface area contributed by atoms with E-state index < -0.39 is 11.6 Å². The van der Waals surface area contributed by atoms with Gasteiger partial charge in [0.05, 0.1) is 0 Å². The van der Waals surface area contributed by atoms with Gasteiger partial charge in [0, 0.05) is 32.0 Å². The average Bonchev–Trinajstić information content (AvgIpc) is 2.85. The highest BCUT2D eigenvalue weighted by Gasteiger charge is 2.53. The molecule has 1 aromatic heterocycles. The van der Waals surface area contributed by atoms with E-state index in [9.17, 15) is 9.59 Å². The van der Waals surface area contributed by atoms with Crippen molar-refractivity contribution in [2.24, 2.45) is 5.92 Å². The lowest BCUT2D eigenvalue weighted by Gasteiger charge is -2.52. The molecule has 2 fully saturated rings. The third-order valence-electron chi connectivity index (χ3n) is 7.32. The van der Waals surface area contributed by atoms with Gasteiger partial charge in [-0.05, 0) is 74.2 Å². The molecule has 1 N–H and O–H groups in total. The Morgan fingerprint density at radius 1 is 1.00 bits per heavy atom. The second kappa shape index (κ2) is 11.1. The number of carbonyl (C=O) groups excluding carboxylic acids is 2. The summed E-state index contributed by atoms with van der Waals surface area (Å²) in [4.78, 5) is 35.5. The third kappa shape index (κ3) is 5.66. The van der Waals surface area contributed by atoms with E-state index in [4.69, 9.17) is 0 Å². The lowest BCUT2D eigenvalue weighted by atomic mass is 9.80. The maximum atomic E-state index is 13.6. The number of nitrogens with one attached hydrogen (secondary N) is 1. The number of piperidine rings is 1. The van der Waals surface area contributed by atoms with E-state index >= 15 is 0 Å². The van der Waals surface area contributed by atoms with Gasteiger partial charge in [0.15, 0.2) is 0 Å². The van der Waals surface area contributed by atoms with E-state index in [0.29, 0.717) is 31.7 Å². The Morgan fingerprint density at radius 2 is 1.71 bits per heavy atom. The fourth-order valence-corrected chi connectivity index (χ4v) is 5.36. The molecule has 2 aliphatic heterocycles. The Kier molecular flexibility index (Phi) is 7.99. The van der Waals surface area contributed by atoms with Crippen LogP contribution < -0.4 is 5.32 Å². The van der Waals surface area contributed by atoms with E-state index in [1.54, 1.807) is 12.4 Å². The first-order valence-corrected chi connectivity index (χ1v) is 12.8. The monoisotopic (exact) mass is 462 g/mol. The Balaban J connectivity index is 1.39. The number of aryl methyl sites for hydroxylation is 1. The Bertz CT molecular complexity index is 939. The molecule has 0 unspecified atom stereocenters. The number of amides is 2. The van der Waals surface area contributed by atoms with Crippen LogP contribution in [0.15, 0.2) is 54.9 Å². The molecular formula is C28H38N4O2. The molecule has 6 nitrogen and oxygen atoms in total. The molecule has 1 spiro atoms. The van der Waals surface area contributed by atoms with Gasteiger partial charge in [-0.2, -0.15) is 0 Å². The zero-order valence-corrected chi connectivity index (χ0v) is 20.6. The lowest BCUT2D eigenvalue weighted by Crippen LogP contribution is -2.72. The summed E-state index contributed by atoms with van der Waals surface area (Å²) >= 11 is 0. The van der Waals surface area contributed by atoms with Gasteiger partial charge < -0.3 is 15.1 Å². The summed E-state index contributed by atoms with van der Waals surface area (Å²) in [6.45, 7) is 7.36. The van der Waals surface area contributed by atoms with Crippen molar-refractivity contribution in [1.29, 1.82) is 0 Å². The van der Waals surface area contributed by atoms with Gasteiger partial charge in [-0.15, -0.1) is 0 Å². The predicted octanol–water partition coefficient (Wildman–Crippen LogP) is 3.81. The molecule has 34 heavy (non-hydrogen) atoms. The highest BCUT2D eigenvalue weighted by Crippen LogP contribution is 2.35. The first kappa shape index (κ1) is 24.4. The van der Waals surface area contributed by atoms with Crippen LogP contribution in [-0.2, 0) is 22.6 Å². The second-order valence-corrected chi connectivity index (χ2v) is 10.3. The van der Waals surface area contributed by atoms with Crippen LogP contribution in [-0.4, -0.2) is 57.8 Å². The van der Waals surface area contributed by atoms with Gasteiger partial charge in [-0.3, -0.25) is 14.6 Å². The summed E-state index contributed by atoms with van der Waals surface area (Å²) in [6, 6.07) is 14.1. The Morgan fingerprint density at radius 3 is 2.38 bits per heavy atom. The van der Waals surface area contributed by atoms with Crippen molar-refractivity contribution >= 4 is 11.8 Å². The highest BCUT2D eigenvalue weighted by molar-refractivity contribution is 6.00. The lowest BCUT2D eigenvalue weighted by molar-refractivity contribution is -0.162. The minimum atomic E-state index is -0.756. The van der Waals surface area contributed by atoms with Crippen LogP contribution in [0.1, 0.15) is 57.1 Å². The van der Waals surface area contributed by atoms with E-state index in [1.165, 1.54) is 5.56 Å². The molecule has 2 aromatic rings. The first-order valence-electron chi connectivity index (χ1n) is 12.8. The van der Waals surface area contributed by atoms with E-state index in [2.05, 4.69) is 59.4 Å². The second-order valence-electron chi connectivity index (χ2n) is 10.3. The van der Waals surface area contributed by atoms with Gasteiger partial charge in [0.25, 0.3) is 0 Å². The molecule has 4 rings (SSSR count). The molecule has 2 saturated heterocycles. The molecular weight excluding hydrogens is 424 g/mol. The smallest absolute Gasteiger partial charge is 0.246 e. The maximum absolute atomic E-state index is 13.6. The number of likely N-dealkylation sites (tertiary alicyclic amines) is 1. The molecule has 182 valence electrons. The molecule has 1 aromatic carbocycles. The van der Waals surface area contributed by atoms with Crippen molar-refractivity contribution in [3.8, 4) is 0 Å². The van der Waals surface area contributed by atoms with Crippen molar-refractivity contribution in [1.82, 2.24) is 20.1 Å². The fourth-order valence-electron chi connectivity index (χ4n) is 5.36. The number of hydrogen-bond donors (Lipinski definition) is 1. The van der Waals surface area contributed by atoms with Crippen molar-refractivity contribution in [2.45, 2.75) is 70.5 Å². The summed E-state index contributed by atoms with van der Waals surface area (Å²) in [5.74, 6) is 0.417. The van der Waals surface area contributed by atoms with Crippen LogP contribution >= 0.6 is 0 Å². The number of aromatic nitrogens is 1. The van der Waals surface area contributed by atoms with Gasteiger partial charge in [-0.1, -0.05) is 44.2 Å². The summed E-state index contributed by atoms with van der Waals surface area (Å²) in [5, 5.41) is 3.10. The number of nitrogens with zero attached hydrogens (tertiary/aromatic N) is 3. The molecule has 3 heterocycles. The van der Waals surface area contributed by atoms with Crippen LogP contribution in [0.3, 0.4) is 0 Å². The van der Waals surface area contributed by atoms with E-state index in [-0.39, 0.29) is 11.8 Å². The van der Waals surface area contributed by atoms with Crippen LogP contribution in [0.2, 0.25) is 0 Å². The van der Waals surface area contributed by atoms with Gasteiger partial charge in [0.2, 0.25) is 11.8 Å². The summed E-state index contributed by atoms with van der Waals surface area (Å²) in [7, 11) is 0. The number of carbonyl (C=O) groups is 2. The fraction of sp³-hybridized carbons (Fsp3) is 0.536. The van der Waals surface area contributed by atoms with Crippen molar-refractivity contribution in [3.63, 3.8) is 0 Å². The summed E-state index contributed by atoms with van der Waals surface area (Å²) < 4.78 is 0. The molecule has 0 aliphatic carbocycles. The van der Waals surface area contributed by atoms with E-state index in [0.717, 1.165) is 44.5 Å². The number of pyridine rings is 1. The van der Waals surface area contributed by atoms with Gasteiger partial charge in [0.1, 0.15) is 11.6 Å². The zero-order chi connectivity index (χ0) is 24.0. The normalized spacial score (nSPS) is 20.7. The minimum absolute atomic E-state index is 0.0236. The SMILES string of the molecule is CC(C)C[C@@H]1NC(=O)C2(CCN(CCCCc3ccccc3)CC2)N(Cc2ccncc2)C1=O. The number of piperazine rings is 1. The maximum Gasteiger partial charge on any atom is 0.246 e. The third-order valence-corrected chi connectivity index (χ3v) is 7.32. The van der Waals surface area contributed by atoms with Crippen molar-refractivity contribution in [3.05, 3.63) is 66.0 Å². The number of unbranched alkanes of at least 4 members (excludes halogenated alkanes) is 1. The van der Waals surface area contributed by atoms with Crippen LogP contribution in [0, 0.1) is 5.92 Å². The summed E-state index contributed by atoms with van der Waals surface area (Å²) in [5.41, 5.74) is 1.65. The number of hydrogen-bond acceptors (Lipinski definition) is 4. The molecule has 2 aliphatic rings. The van der Waals surface area contributed by atoms with E-state index in [1.807, 2.05) is 17.0 Å². The summed E-state index contributed by atoms with van der Waals surface area (Å²) in [6.07, 6.45) is 8.94. The highest BCUT2D eigenvalue weighted by atomic mass is 16.2. The largest absolute Gasteiger partial charge is 0.342 e. The van der Waals surface area contributed by atoms with Crippen LogP contribution in [0.4, 0.5) is 0 Å². The molecule has 0 saturated carbocycles.